The molecule has 0 radical (unpaired) electrons. The number of hydrogen-bond acceptors (Lipinski definition) is 3. The maximum atomic E-state index is 13.5. The first kappa shape index (κ1) is 13.5. The van der Waals surface area contributed by atoms with Crippen LogP contribution in [0.15, 0.2) is 54.7 Å². The Morgan fingerprint density at radius 2 is 1.95 bits per heavy atom. The van der Waals surface area contributed by atoms with Crippen molar-refractivity contribution in [2.45, 2.75) is 6.10 Å². The lowest BCUT2D eigenvalue weighted by Gasteiger charge is -2.17. The summed E-state index contributed by atoms with van der Waals surface area (Å²) in [7, 11) is 1.49. The Kier molecular flexibility index (Phi) is 3.54. The first-order valence-electron chi connectivity index (χ1n) is 6.56. The van der Waals surface area contributed by atoms with Gasteiger partial charge in [0.2, 0.25) is 0 Å². The van der Waals surface area contributed by atoms with Crippen molar-refractivity contribution in [2.75, 3.05) is 7.11 Å². The zero-order valence-electron chi connectivity index (χ0n) is 11.5. The molecular weight excluding hydrogens is 269 g/mol. The van der Waals surface area contributed by atoms with Crippen molar-refractivity contribution in [1.29, 1.82) is 0 Å². The standard InChI is InChI=1S/C17H14FNO2/c1-21-16-8-7-11(18)10-14(16)17(20)13-4-2-6-15-12(13)5-3-9-19-15/h2-10,17,20H,1H3. The van der Waals surface area contributed by atoms with E-state index in [-0.39, 0.29) is 0 Å². The fourth-order valence-corrected chi connectivity index (χ4v) is 2.45. The first-order valence-corrected chi connectivity index (χ1v) is 6.56. The Labute approximate surface area is 121 Å². The number of aromatic nitrogens is 1. The second-order valence-corrected chi connectivity index (χ2v) is 4.71. The highest BCUT2D eigenvalue weighted by Crippen LogP contribution is 2.33. The van der Waals surface area contributed by atoms with Crippen LogP contribution in [-0.4, -0.2) is 17.2 Å². The number of halogens is 1. The predicted molar refractivity (Wildman–Crippen MR) is 78.8 cm³/mol. The quantitative estimate of drug-likeness (QED) is 0.800. The molecule has 106 valence electrons. The van der Waals surface area contributed by atoms with E-state index in [1.807, 2.05) is 18.2 Å². The molecular formula is C17H14FNO2. The number of ether oxygens (including phenoxy) is 1. The Hall–Kier alpha value is -2.46. The molecule has 3 rings (SSSR count). The van der Waals surface area contributed by atoms with Gasteiger partial charge >= 0.3 is 0 Å². The molecule has 1 N–H and O–H groups in total. The molecule has 1 atom stereocenters. The minimum Gasteiger partial charge on any atom is -0.496 e. The number of aliphatic hydroxyl groups excluding tert-OH is 1. The van der Waals surface area contributed by atoms with Crippen molar-refractivity contribution in [1.82, 2.24) is 4.98 Å². The second kappa shape index (κ2) is 5.50. The van der Waals surface area contributed by atoms with E-state index in [0.717, 1.165) is 10.9 Å². The third kappa shape index (κ3) is 2.45. The minimum atomic E-state index is -0.983. The largest absolute Gasteiger partial charge is 0.496 e. The van der Waals surface area contributed by atoms with E-state index in [4.69, 9.17) is 4.74 Å². The van der Waals surface area contributed by atoms with Gasteiger partial charge in [-0.25, -0.2) is 4.39 Å². The Balaban J connectivity index is 2.17. The van der Waals surface area contributed by atoms with E-state index in [1.54, 1.807) is 18.3 Å². The molecule has 0 spiro atoms. The van der Waals surface area contributed by atoms with Crippen LogP contribution in [0.2, 0.25) is 0 Å². The number of pyridine rings is 1. The lowest BCUT2D eigenvalue weighted by atomic mass is 9.97. The average Bonchev–Trinajstić information content (AvgIpc) is 2.53. The number of nitrogens with zero attached hydrogens (tertiary/aromatic N) is 1. The van der Waals surface area contributed by atoms with Gasteiger partial charge in [0.1, 0.15) is 17.7 Å². The predicted octanol–water partition coefficient (Wildman–Crippen LogP) is 3.46. The van der Waals surface area contributed by atoms with Gasteiger partial charge in [-0.3, -0.25) is 4.98 Å². The van der Waals surface area contributed by atoms with Crippen LogP contribution in [0.5, 0.6) is 5.75 Å². The molecule has 0 aliphatic carbocycles. The van der Waals surface area contributed by atoms with Crippen molar-refractivity contribution >= 4 is 10.9 Å². The summed E-state index contributed by atoms with van der Waals surface area (Å²) in [6.07, 6.45) is 0.713. The number of fused-ring (bicyclic) bond motifs is 1. The van der Waals surface area contributed by atoms with Crippen molar-refractivity contribution < 1.29 is 14.2 Å². The molecule has 2 aromatic carbocycles. The molecule has 0 amide bonds. The highest BCUT2D eigenvalue weighted by Gasteiger charge is 2.18. The molecule has 0 aliphatic heterocycles. The highest BCUT2D eigenvalue weighted by atomic mass is 19.1. The fraction of sp³-hybridized carbons (Fsp3) is 0.118. The normalized spacial score (nSPS) is 12.3. The summed E-state index contributed by atoms with van der Waals surface area (Å²) < 4.78 is 18.7. The Bertz CT molecular complexity index is 783. The van der Waals surface area contributed by atoms with E-state index in [9.17, 15) is 9.50 Å². The van der Waals surface area contributed by atoms with Crippen LogP contribution < -0.4 is 4.74 Å². The summed E-state index contributed by atoms with van der Waals surface area (Å²) in [5.74, 6) is 0.0352. The van der Waals surface area contributed by atoms with E-state index >= 15 is 0 Å². The molecule has 1 heterocycles. The van der Waals surface area contributed by atoms with Crippen LogP contribution in [0.25, 0.3) is 10.9 Å². The summed E-state index contributed by atoms with van der Waals surface area (Å²) in [6, 6.07) is 13.3. The SMILES string of the molecule is COc1ccc(F)cc1C(O)c1cccc2ncccc12. The zero-order valence-corrected chi connectivity index (χ0v) is 11.5. The molecule has 3 aromatic rings. The van der Waals surface area contributed by atoms with Gasteiger partial charge in [-0.05, 0) is 35.9 Å². The molecule has 0 saturated carbocycles. The maximum absolute atomic E-state index is 13.5. The monoisotopic (exact) mass is 283 g/mol. The van der Waals surface area contributed by atoms with Gasteiger partial charge in [0.15, 0.2) is 0 Å². The van der Waals surface area contributed by atoms with E-state index in [1.165, 1.54) is 25.3 Å². The van der Waals surface area contributed by atoms with Crippen LogP contribution >= 0.6 is 0 Å². The third-order valence-corrected chi connectivity index (χ3v) is 3.46. The number of rotatable bonds is 3. The number of methoxy groups -OCH3 is 1. The topological polar surface area (TPSA) is 42.4 Å². The summed E-state index contributed by atoms with van der Waals surface area (Å²) in [5.41, 5.74) is 1.85. The van der Waals surface area contributed by atoms with Crippen LogP contribution in [0.1, 0.15) is 17.2 Å². The maximum Gasteiger partial charge on any atom is 0.125 e. The van der Waals surface area contributed by atoms with Gasteiger partial charge in [-0.2, -0.15) is 0 Å². The van der Waals surface area contributed by atoms with Crippen molar-refractivity contribution in [3.63, 3.8) is 0 Å². The summed E-state index contributed by atoms with van der Waals surface area (Å²) in [6.45, 7) is 0. The van der Waals surface area contributed by atoms with Gasteiger partial charge in [-0.1, -0.05) is 18.2 Å². The smallest absolute Gasteiger partial charge is 0.125 e. The van der Waals surface area contributed by atoms with Crippen LogP contribution in [-0.2, 0) is 0 Å². The number of benzene rings is 2. The van der Waals surface area contributed by atoms with E-state index in [0.29, 0.717) is 16.9 Å². The van der Waals surface area contributed by atoms with Crippen LogP contribution in [0.3, 0.4) is 0 Å². The van der Waals surface area contributed by atoms with Crippen molar-refractivity contribution in [3.05, 3.63) is 71.7 Å². The molecule has 0 fully saturated rings. The van der Waals surface area contributed by atoms with Gasteiger partial charge in [0, 0.05) is 17.1 Å². The zero-order chi connectivity index (χ0) is 14.8. The van der Waals surface area contributed by atoms with Crippen LogP contribution in [0.4, 0.5) is 4.39 Å². The summed E-state index contributed by atoms with van der Waals surface area (Å²) in [4.78, 5) is 4.26. The van der Waals surface area contributed by atoms with Crippen molar-refractivity contribution in [3.8, 4) is 5.75 Å². The highest BCUT2D eigenvalue weighted by molar-refractivity contribution is 5.82. The lowest BCUT2D eigenvalue weighted by molar-refractivity contribution is 0.215. The van der Waals surface area contributed by atoms with Gasteiger partial charge in [0.25, 0.3) is 0 Å². The minimum absolute atomic E-state index is 0.397. The average molecular weight is 283 g/mol. The molecule has 1 aromatic heterocycles. The summed E-state index contributed by atoms with van der Waals surface area (Å²) >= 11 is 0. The van der Waals surface area contributed by atoms with E-state index in [2.05, 4.69) is 4.98 Å². The second-order valence-electron chi connectivity index (χ2n) is 4.71. The van der Waals surface area contributed by atoms with Crippen molar-refractivity contribution in [2.24, 2.45) is 0 Å². The van der Waals surface area contributed by atoms with Crippen LogP contribution in [0, 0.1) is 5.82 Å². The molecule has 0 saturated heterocycles. The van der Waals surface area contributed by atoms with Gasteiger partial charge in [0.05, 0.1) is 12.6 Å². The fourth-order valence-electron chi connectivity index (χ4n) is 2.45. The van der Waals surface area contributed by atoms with E-state index < -0.39 is 11.9 Å². The Morgan fingerprint density at radius 1 is 1.10 bits per heavy atom. The molecule has 4 heteroatoms. The Morgan fingerprint density at radius 3 is 2.76 bits per heavy atom. The van der Waals surface area contributed by atoms with Gasteiger partial charge < -0.3 is 9.84 Å². The third-order valence-electron chi connectivity index (χ3n) is 3.46. The number of hydrogen-bond donors (Lipinski definition) is 1. The molecule has 1 unspecified atom stereocenters. The molecule has 0 aliphatic rings. The summed E-state index contributed by atoms with van der Waals surface area (Å²) in [5, 5.41) is 11.5. The van der Waals surface area contributed by atoms with Gasteiger partial charge in [-0.15, -0.1) is 0 Å². The first-order chi connectivity index (χ1) is 10.2. The molecule has 0 bridgehead atoms. The molecule has 21 heavy (non-hydrogen) atoms. The number of aliphatic hydroxyl groups is 1. The lowest BCUT2D eigenvalue weighted by Crippen LogP contribution is -2.04. The molecule has 3 nitrogen and oxygen atoms in total.